The fraction of sp³-hybridized carbons (Fsp3) is 0.364. The third-order valence-electron chi connectivity index (χ3n) is 2.53. The first-order valence-electron chi connectivity index (χ1n) is 5.22. The van der Waals surface area contributed by atoms with Crippen molar-refractivity contribution in [1.82, 2.24) is 20.4 Å². The molecular formula is C11H14N4O2. The van der Waals surface area contributed by atoms with Gasteiger partial charge in [0.25, 0.3) is 0 Å². The molecule has 0 bridgehead atoms. The summed E-state index contributed by atoms with van der Waals surface area (Å²) in [5, 5.41) is 22.4. The number of carboxylic acids is 1. The van der Waals surface area contributed by atoms with Gasteiger partial charge in [-0.05, 0) is 0 Å². The first-order chi connectivity index (χ1) is 7.91. The second kappa shape index (κ2) is 3.73. The maximum absolute atomic E-state index is 11.0. The largest absolute Gasteiger partial charge is 0.478 e. The van der Waals surface area contributed by atoms with Gasteiger partial charge in [0, 0.05) is 16.7 Å². The van der Waals surface area contributed by atoms with Crippen LogP contribution in [-0.4, -0.2) is 31.5 Å². The van der Waals surface area contributed by atoms with Crippen molar-refractivity contribution in [1.29, 1.82) is 0 Å². The molecule has 0 aliphatic carbocycles. The lowest BCUT2D eigenvalue weighted by atomic mass is 9.88. The summed E-state index contributed by atoms with van der Waals surface area (Å²) in [6.45, 7) is 6.09. The van der Waals surface area contributed by atoms with Gasteiger partial charge in [-0.15, -0.1) is 0 Å². The lowest BCUT2D eigenvalue weighted by Crippen LogP contribution is -2.13. The van der Waals surface area contributed by atoms with Crippen molar-refractivity contribution in [3.8, 4) is 11.3 Å². The summed E-state index contributed by atoms with van der Waals surface area (Å²) in [5.74, 6) is -1.00. The highest BCUT2D eigenvalue weighted by Crippen LogP contribution is 2.31. The number of carbonyl (C=O) groups is 1. The van der Waals surface area contributed by atoms with Crippen LogP contribution in [0.4, 0.5) is 0 Å². The highest BCUT2D eigenvalue weighted by Gasteiger charge is 2.24. The van der Waals surface area contributed by atoms with Gasteiger partial charge in [-0.25, -0.2) is 4.79 Å². The molecular weight excluding hydrogens is 220 g/mol. The van der Waals surface area contributed by atoms with Crippen LogP contribution in [0, 0.1) is 0 Å². The average Bonchev–Trinajstić information content (AvgIpc) is 2.84. The molecule has 0 unspecified atom stereocenters. The number of H-pyrrole nitrogens is 2. The molecule has 0 amide bonds. The molecule has 0 spiro atoms. The standard InChI is InChI=1S/C11H14N4O2/c1-11(2,3)9-6(4-13-15-9)8-7(10(16)17)5-12-14-8/h4-5H,1-3H3,(H,12,14)(H,13,15)(H,16,17). The van der Waals surface area contributed by atoms with Crippen molar-refractivity contribution in [2.75, 3.05) is 0 Å². The topological polar surface area (TPSA) is 94.7 Å². The predicted molar refractivity (Wildman–Crippen MR) is 61.8 cm³/mol. The van der Waals surface area contributed by atoms with Crippen LogP contribution in [-0.2, 0) is 5.41 Å². The zero-order valence-electron chi connectivity index (χ0n) is 9.90. The Labute approximate surface area is 98.1 Å². The molecule has 0 aliphatic rings. The summed E-state index contributed by atoms with van der Waals surface area (Å²) in [7, 11) is 0. The minimum atomic E-state index is -1.00. The van der Waals surface area contributed by atoms with E-state index in [1.807, 2.05) is 20.8 Å². The lowest BCUT2D eigenvalue weighted by molar-refractivity contribution is 0.0698. The summed E-state index contributed by atoms with van der Waals surface area (Å²) >= 11 is 0. The van der Waals surface area contributed by atoms with Gasteiger partial charge in [0.1, 0.15) is 5.56 Å². The minimum absolute atomic E-state index is 0.146. The van der Waals surface area contributed by atoms with Gasteiger partial charge in [0.2, 0.25) is 0 Å². The highest BCUT2D eigenvalue weighted by molar-refractivity contribution is 5.94. The van der Waals surface area contributed by atoms with Crippen LogP contribution in [0.2, 0.25) is 0 Å². The Morgan fingerprint density at radius 1 is 1.24 bits per heavy atom. The minimum Gasteiger partial charge on any atom is -0.478 e. The Bertz CT molecular complexity index is 548. The second-order valence-corrected chi connectivity index (χ2v) is 4.87. The lowest BCUT2D eigenvalue weighted by Gasteiger charge is -2.17. The number of hydrogen-bond acceptors (Lipinski definition) is 3. The Balaban J connectivity index is 2.58. The smallest absolute Gasteiger partial charge is 0.339 e. The molecule has 0 saturated heterocycles. The van der Waals surface area contributed by atoms with Gasteiger partial charge >= 0.3 is 5.97 Å². The molecule has 2 aromatic rings. The quantitative estimate of drug-likeness (QED) is 0.738. The SMILES string of the molecule is CC(C)(C)c1[nH]ncc1-c1[nH]ncc1C(=O)O. The van der Waals surface area contributed by atoms with Gasteiger partial charge in [-0.1, -0.05) is 20.8 Å². The number of hydrogen-bond donors (Lipinski definition) is 3. The van der Waals surface area contributed by atoms with Crippen LogP contribution >= 0.6 is 0 Å². The van der Waals surface area contributed by atoms with Crippen LogP contribution in [0.25, 0.3) is 11.3 Å². The molecule has 2 aromatic heterocycles. The Morgan fingerprint density at radius 2 is 1.88 bits per heavy atom. The van der Waals surface area contributed by atoms with E-state index in [-0.39, 0.29) is 11.0 Å². The zero-order chi connectivity index (χ0) is 12.6. The Hall–Kier alpha value is -2.11. The molecule has 3 N–H and O–H groups in total. The van der Waals surface area contributed by atoms with Gasteiger partial charge in [0.15, 0.2) is 0 Å². The van der Waals surface area contributed by atoms with Crippen LogP contribution in [0.3, 0.4) is 0 Å². The maximum atomic E-state index is 11.0. The van der Waals surface area contributed by atoms with E-state index in [0.717, 1.165) is 11.3 Å². The molecule has 2 rings (SSSR count). The monoisotopic (exact) mass is 234 g/mol. The van der Waals surface area contributed by atoms with Crippen LogP contribution in [0.15, 0.2) is 12.4 Å². The summed E-state index contributed by atoms with van der Waals surface area (Å²) in [6.07, 6.45) is 2.91. The van der Waals surface area contributed by atoms with Crippen molar-refractivity contribution in [3.63, 3.8) is 0 Å². The molecule has 0 aliphatic heterocycles. The van der Waals surface area contributed by atoms with E-state index < -0.39 is 5.97 Å². The number of rotatable bonds is 2. The van der Waals surface area contributed by atoms with Gasteiger partial charge in [-0.2, -0.15) is 10.2 Å². The summed E-state index contributed by atoms with van der Waals surface area (Å²) in [6, 6.07) is 0. The molecule has 6 heteroatoms. The third kappa shape index (κ3) is 1.93. The second-order valence-electron chi connectivity index (χ2n) is 4.87. The number of aromatic nitrogens is 4. The van der Waals surface area contributed by atoms with Crippen molar-refractivity contribution < 1.29 is 9.90 Å². The van der Waals surface area contributed by atoms with E-state index in [1.54, 1.807) is 6.20 Å². The molecule has 0 saturated carbocycles. The fourth-order valence-corrected chi connectivity index (χ4v) is 1.70. The Morgan fingerprint density at radius 3 is 2.47 bits per heavy atom. The molecule has 0 radical (unpaired) electrons. The van der Waals surface area contributed by atoms with Gasteiger partial charge < -0.3 is 5.11 Å². The summed E-state index contributed by atoms with van der Waals surface area (Å²) in [5.41, 5.74) is 2.11. The molecule has 2 heterocycles. The fourth-order valence-electron chi connectivity index (χ4n) is 1.70. The molecule has 0 atom stereocenters. The summed E-state index contributed by atoms with van der Waals surface area (Å²) < 4.78 is 0. The first kappa shape index (κ1) is 11.4. The molecule has 90 valence electrons. The predicted octanol–water partition coefficient (Wildman–Crippen LogP) is 1.80. The highest BCUT2D eigenvalue weighted by atomic mass is 16.4. The van der Waals surface area contributed by atoms with Crippen LogP contribution in [0.1, 0.15) is 36.8 Å². The van der Waals surface area contributed by atoms with Crippen molar-refractivity contribution >= 4 is 5.97 Å². The van der Waals surface area contributed by atoms with Crippen molar-refractivity contribution in [2.24, 2.45) is 0 Å². The average molecular weight is 234 g/mol. The third-order valence-corrected chi connectivity index (χ3v) is 2.53. The molecule has 0 aromatic carbocycles. The van der Waals surface area contributed by atoms with E-state index in [4.69, 9.17) is 5.11 Å². The van der Waals surface area contributed by atoms with Crippen molar-refractivity contribution in [3.05, 3.63) is 23.7 Å². The summed E-state index contributed by atoms with van der Waals surface area (Å²) in [4.78, 5) is 11.0. The van der Waals surface area contributed by atoms with E-state index >= 15 is 0 Å². The molecule has 0 fully saturated rings. The normalized spacial score (nSPS) is 11.7. The van der Waals surface area contributed by atoms with Crippen LogP contribution < -0.4 is 0 Å². The Kier molecular flexibility index (Phi) is 2.49. The molecule has 6 nitrogen and oxygen atoms in total. The van der Waals surface area contributed by atoms with Gasteiger partial charge in [0.05, 0.1) is 18.1 Å². The number of aromatic carboxylic acids is 1. The van der Waals surface area contributed by atoms with E-state index in [0.29, 0.717) is 5.69 Å². The zero-order valence-corrected chi connectivity index (χ0v) is 9.90. The van der Waals surface area contributed by atoms with E-state index in [1.165, 1.54) is 6.20 Å². The van der Waals surface area contributed by atoms with E-state index in [9.17, 15) is 4.79 Å². The number of aromatic amines is 2. The number of nitrogens with zero attached hydrogens (tertiary/aromatic N) is 2. The van der Waals surface area contributed by atoms with Crippen LogP contribution in [0.5, 0.6) is 0 Å². The van der Waals surface area contributed by atoms with Gasteiger partial charge in [-0.3, -0.25) is 10.2 Å². The molecule has 17 heavy (non-hydrogen) atoms. The first-order valence-corrected chi connectivity index (χ1v) is 5.22. The maximum Gasteiger partial charge on any atom is 0.339 e. The van der Waals surface area contributed by atoms with Crippen molar-refractivity contribution in [2.45, 2.75) is 26.2 Å². The number of nitrogens with one attached hydrogen (secondary N) is 2. The number of carboxylic acid groups (broad SMARTS) is 1. The van der Waals surface area contributed by atoms with E-state index in [2.05, 4.69) is 20.4 Å².